The van der Waals surface area contributed by atoms with Gasteiger partial charge in [0.15, 0.2) is 0 Å². The van der Waals surface area contributed by atoms with Crippen LogP contribution in [-0.2, 0) is 10.2 Å². The largest absolute Gasteiger partial charge is 0.469 e. The molecule has 1 atom stereocenters. The molecular formula is C17H23FN2O3S. The predicted molar refractivity (Wildman–Crippen MR) is 91.4 cm³/mol. The summed E-state index contributed by atoms with van der Waals surface area (Å²) in [5, 5.41) is 0. The molecule has 2 aromatic rings. The van der Waals surface area contributed by atoms with Crippen molar-refractivity contribution in [2.75, 3.05) is 13.6 Å². The zero-order valence-corrected chi connectivity index (χ0v) is 14.9. The fraction of sp³-hybridized carbons (Fsp3) is 0.412. The van der Waals surface area contributed by atoms with E-state index in [1.165, 1.54) is 23.5 Å². The lowest BCUT2D eigenvalue weighted by Crippen LogP contribution is -2.42. The molecule has 0 radical (unpaired) electrons. The first-order valence-electron chi connectivity index (χ1n) is 7.82. The molecule has 24 heavy (non-hydrogen) atoms. The van der Waals surface area contributed by atoms with Gasteiger partial charge in [0.2, 0.25) is 0 Å². The summed E-state index contributed by atoms with van der Waals surface area (Å²) in [6, 6.07) is 9.66. The number of hydrogen-bond donors (Lipinski definition) is 1. The van der Waals surface area contributed by atoms with Crippen LogP contribution in [0, 0.1) is 5.82 Å². The summed E-state index contributed by atoms with van der Waals surface area (Å²) in [6.07, 6.45) is 2.08. The molecule has 5 nitrogen and oxygen atoms in total. The molecule has 1 unspecified atom stereocenters. The highest BCUT2D eigenvalue weighted by Crippen LogP contribution is 2.28. The Kier molecular flexibility index (Phi) is 6.15. The van der Waals surface area contributed by atoms with E-state index in [0.717, 1.165) is 11.3 Å². The molecule has 0 aliphatic heterocycles. The van der Waals surface area contributed by atoms with Crippen molar-refractivity contribution in [3.63, 3.8) is 0 Å². The van der Waals surface area contributed by atoms with Gasteiger partial charge in [-0.25, -0.2) is 9.11 Å². The summed E-state index contributed by atoms with van der Waals surface area (Å²) in [4.78, 5) is 0. The Hall–Kier alpha value is -1.70. The van der Waals surface area contributed by atoms with Crippen molar-refractivity contribution in [1.29, 1.82) is 0 Å². The lowest BCUT2D eigenvalue weighted by molar-refractivity contribution is 0.400. The highest BCUT2D eigenvalue weighted by atomic mass is 32.2. The van der Waals surface area contributed by atoms with Crippen LogP contribution in [0.3, 0.4) is 0 Å². The maximum Gasteiger partial charge on any atom is 0.279 e. The summed E-state index contributed by atoms with van der Waals surface area (Å²) in [7, 11) is -1.98. The summed E-state index contributed by atoms with van der Waals surface area (Å²) < 4.78 is 46.8. The highest BCUT2D eigenvalue weighted by Gasteiger charge is 2.22. The second-order valence-electron chi connectivity index (χ2n) is 5.92. The number of nitrogens with zero attached hydrogens (tertiary/aromatic N) is 1. The molecule has 1 aromatic heterocycles. The first kappa shape index (κ1) is 18.6. The summed E-state index contributed by atoms with van der Waals surface area (Å²) in [5.74, 6) is 0.266. The third kappa shape index (κ3) is 4.66. The van der Waals surface area contributed by atoms with Gasteiger partial charge in [-0.3, -0.25) is 0 Å². The van der Waals surface area contributed by atoms with Gasteiger partial charge in [-0.15, -0.1) is 0 Å². The molecule has 2 rings (SSSR count). The lowest BCUT2D eigenvalue weighted by Gasteiger charge is -2.22. The number of hydrogen-bond acceptors (Lipinski definition) is 3. The minimum Gasteiger partial charge on any atom is -0.469 e. The number of nitrogens with one attached hydrogen (secondary N) is 1. The summed E-state index contributed by atoms with van der Waals surface area (Å²) in [5.41, 5.74) is 0.878. The molecule has 1 N–H and O–H groups in total. The van der Waals surface area contributed by atoms with Crippen LogP contribution in [0.1, 0.15) is 37.5 Å². The molecule has 0 bridgehead atoms. The van der Waals surface area contributed by atoms with Crippen LogP contribution >= 0.6 is 0 Å². The second kappa shape index (κ2) is 7.92. The van der Waals surface area contributed by atoms with Gasteiger partial charge in [0.1, 0.15) is 11.6 Å². The number of rotatable bonds is 8. The van der Waals surface area contributed by atoms with Crippen LogP contribution in [0.4, 0.5) is 4.39 Å². The Morgan fingerprint density at radius 3 is 2.42 bits per heavy atom. The Labute approximate surface area is 142 Å². The molecule has 7 heteroatoms. The third-order valence-electron chi connectivity index (χ3n) is 3.98. The minimum absolute atomic E-state index is 0.125. The van der Waals surface area contributed by atoms with Crippen LogP contribution in [0.15, 0.2) is 47.1 Å². The Morgan fingerprint density at radius 2 is 1.88 bits per heavy atom. The second-order valence-corrected chi connectivity index (χ2v) is 7.73. The normalized spacial score (nSPS) is 13.6. The van der Waals surface area contributed by atoms with Crippen molar-refractivity contribution in [3.05, 3.63) is 59.8 Å². The molecule has 0 fully saturated rings. The lowest BCUT2D eigenvalue weighted by atomic mass is 9.93. The van der Waals surface area contributed by atoms with Gasteiger partial charge < -0.3 is 4.42 Å². The fourth-order valence-electron chi connectivity index (χ4n) is 2.37. The van der Waals surface area contributed by atoms with Crippen LogP contribution in [0.25, 0.3) is 0 Å². The zero-order chi connectivity index (χ0) is 17.7. The van der Waals surface area contributed by atoms with E-state index >= 15 is 0 Å². The van der Waals surface area contributed by atoms with Crippen molar-refractivity contribution in [1.82, 2.24) is 9.03 Å². The van der Waals surface area contributed by atoms with E-state index in [-0.39, 0.29) is 24.3 Å². The molecule has 0 saturated carbocycles. The van der Waals surface area contributed by atoms with E-state index in [4.69, 9.17) is 4.42 Å². The maximum atomic E-state index is 13.1. The standard InChI is InChI=1S/C17H23FN2O3S/c1-13(2)20(3)24(21,22)19-11-10-16(17-5-4-12-23-17)14-6-8-15(18)9-7-14/h4-9,12-13,16,19H,10-11H2,1-3H3. The number of benzene rings is 1. The van der Waals surface area contributed by atoms with Gasteiger partial charge in [-0.1, -0.05) is 12.1 Å². The average Bonchev–Trinajstić information content (AvgIpc) is 3.06. The Bertz CT molecular complexity index is 728. The van der Waals surface area contributed by atoms with Gasteiger partial charge in [0, 0.05) is 25.6 Å². The number of halogens is 1. The van der Waals surface area contributed by atoms with Crippen molar-refractivity contribution in [3.8, 4) is 0 Å². The van der Waals surface area contributed by atoms with Crippen LogP contribution in [0.2, 0.25) is 0 Å². The van der Waals surface area contributed by atoms with E-state index in [1.54, 1.807) is 24.5 Å². The molecule has 0 spiro atoms. The predicted octanol–water partition coefficient (Wildman–Crippen LogP) is 3.12. The van der Waals surface area contributed by atoms with Crippen molar-refractivity contribution >= 4 is 10.2 Å². The Morgan fingerprint density at radius 1 is 1.21 bits per heavy atom. The van der Waals surface area contributed by atoms with Crippen LogP contribution < -0.4 is 4.72 Å². The highest BCUT2D eigenvalue weighted by molar-refractivity contribution is 7.87. The van der Waals surface area contributed by atoms with Crippen LogP contribution in [-0.4, -0.2) is 32.4 Å². The quantitative estimate of drug-likeness (QED) is 0.792. The summed E-state index contributed by atoms with van der Waals surface area (Å²) >= 11 is 0. The molecule has 0 aliphatic carbocycles. The van der Waals surface area contributed by atoms with Crippen molar-refractivity contribution in [2.24, 2.45) is 0 Å². The van der Waals surface area contributed by atoms with Crippen LogP contribution in [0.5, 0.6) is 0 Å². The van der Waals surface area contributed by atoms with E-state index in [0.29, 0.717) is 6.42 Å². The molecular weight excluding hydrogens is 331 g/mol. The molecule has 0 aliphatic rings. The van der Waals surface area contributed by atoms with Gasteiger partial charge in [0.25, 0.3) is 10.2 Å². The van der Waals surface area contributed by atoms with Gasteiger partial charge in [0.05, 0.1) is 6.26 Å². The SMILES string of the molecule is CC(C)N(C)S(=O)(=O)NCCC(c1ccc(F)cc1)c1ccco1. The molecule has 1 heterocycles. The third-order valence-corrected chi connectivity index (χ3v) is 5.73. The first-order chi connectivity index (χ1) is 11.3. The first-order valence-corrected chi connectivity index (χ1v) is 9.26. The molecule has 1 aromatic carbocycles. The van der Waals surface area contributed by atoms with Crippen molar-refractivity contribution in [2.45, 2.75) is 32.2 Å². The fourth-order valence-corrected chi connectivity index (χ4v) is 3.50. The van der Waals surface area contributed by atoms with E-state index in [2.05, 4.69) is 4.72 Å². The zero-order valence-electron chi connectivity index (χ0n) is 14.1. The maximum absolute atomic E-state index is 13.1. The molecule has 0 saturated heterocycles. The molecule has 0 amide bonds. The van der Waals surface area contributed by atoms with Gasteiger partial charge >= 0.3 is 0 Å². The van der Waals surface area contributed by atoms with E-state index < -0.39 is 10.2 Å². The monoisotopic (exact) mass is 354 g/mol. The molecule has 132 valence electrons. The minimum atomic E-state index is -3.52. The van der Waals surface area contributed by atoms with Crippen molar-refractivity contribution < 1.29 is 17.2 Å². The number of furan rings is 1. The summed E-state index contributed by atoms with van der Waals surface area (Å²) in [6.45, 7) is 3.87. The smallest absolute Gasteiger partial charge is 0.279 e. The topological polar surface area (TPSA) is 62.6 Å². The average molecular weight is 354 g/mol. The van der Waals surface area contributed by atoms with E-state index in [1.807, 2.05) is 19.9 Å². The Balaban J connectivity index is 2.09. The van der Waals surface area contributed by atoms with Gasteiger partial charge in [-0.05, 0) is 50.1 Å². The van der Waals surface area contributed by atoms with E-state index in [9.17, 15) is 12.8 Å². The van der Waals surface area contributed by atoms with Gasteiger partial charge in [-0.2, -0.15) is 12.7 Å².